The van der Waals surface area contributed by atoms with E-state index >= 15 is 0 Å². The zero-order chi connectivity index (χ0) is 11.7. The van der Waals surface area contributed by atoms with Crippen LogP contribution in [0, 0.1) is 0 Å². The van der Waals surface area contributed by atoms with E-state index in [0.717, 1.165) is 0 Å². The Morgan fingerprint density at radius 1 is 1.27 bits per heavy atom. The number of carboxylic acids is 1. The molecule has 0 aromatic carbocycles. The highest BCUT2D eigenvalue weighted by atomic mass is 16.5. The summed E-state index contributed by atoms with van der Waals surface area (Å²) in [6.07, 6.45) is 4.44. The van der Waals surface area contributed by atoms with Crippen molar-refractivity contribution in [2.75, 3.05) is 6.61 Å². The standard InChI is InChI=1S/C11H14O4/c1-3-5-9(4-2)8-15-11(14)7-6-10(12)13/h3-5H,1-2,6-8H2,(H,12,13)/b9-5+. The van der Waals surface area contributed by atoms with Crippen molar-refractivity contribution >= 4 is 11.9 Å². The van der Waals surface area contributed by atoms with E-state index in [1.807, 2.05) is 0 Å². The number of carbonyl (C=O) groups excluding carboxylic acids is 1. The first kappa shape index (κ1) is 13.2. The van der Waals surface area contributed by atoms with Crippen molar-refractivity contribution in [1.82, 2.24) is 0 Å². The molecule has 4 nitrogen and oxygen atoms in total. The Labute approximate surface area is 88.6 Å². The fourth-order valence-corrected chi connectivity index (χ4v) is 0.771. The quantitative estimate of drug-likeness (QED) is 0.513. The highest BCUT2D eigenvalue weighted by Crippen LogP contribution is 2.00. The fraction of sp³-hybridized carbons (Fsp3) is 0.273. The molecule has 0 radical (unpaired) electrons. The second-order valence-corrected chi connectivity index (χ2v) is 2.74. The third-order valence-electron chi connectivity index (χ3n) is 1.54. The molecular formula is C11H14O4. The van der Waals surface area contributed by atoms with E-state index in [2.05, 4.69) is 13.2 Å². The Bertz CT molecular complexity index is 289. The van der Waals surface area contributed by atoms with Crippen molar-refractivity contribution in [3.63, 3.8) is 0 Å². The lowest BCUT2D eigenvalue weighted by Gasteiger charge is -2.03. The van der Waals surface area contributed by atoms with E-state index in [-0.39, 0.29) is 19.4 Å². The van der Waals surface area contributed by atoms with Gasteiger partial charge in [0.05, 0.1) is 12.8 Å². The minimum absolute atomic E-state index is 0.0912. The number of carbonyl (C=O) groups is 2. The highest BCUT2D eigenvalue weighted by molar-refractivity contribution is 5.76. The molecular weight excluding hydrogens is 196 g/mol. The molecule has 0 saturated carbocycles. The molecule has 0 unspecified atom stereocenters. The summed E-state index contributed by atoms with van der Waals surface area (Å²) in [5.74, 6) is -1.55. The molecule has 4 heteroatoms. The second kappa shape index (κ2) is 7.55. The Balaban J connectivity index is 3.88. The van der Waals surface area contributed by atoms with Crippen molar-refractivity contribution in [2.45, 2.75) is 12.8 Å². The molecule has 0 bridgehead atoms. The van der Waals surface area contributed by atoms with E-state index in [1.54, 1.807) is 18.2 Å². The number of ether oxygens (including phenoxy) is 1. The number of hydrogen-bond acceptors (Lipinski definition) is 3. The topological polar surface area (TPSA) is 63.6 Å². The van der Waals surface area contributed by atoms with Crippen molar-refractivity contribution in [3.05, 3.63) is 37.0 Å². The third-order valence-corrected chi connectivity index (χ3v) is 1.54. The lowest BCUT2D eigenvalue weighted by Crippen LogP contribution is -2.09. The zero-order valence-electron chi connectivity index (χ0n) is 8.44. The molecule has 0 aliphatic carbocycles. The average molecular weight is 210 g/mol. The van der Waals surface area contributed by atoms with Gasteiger partial charge >= 0.3 is 11.9 Å². The lowest BCUT2D eigenvalue weighted by atomic mass is 10.2. The van der Waals surface area contributed by atoms with Gasteiger partial charge in [-0.3, -0.25) is 9.59 Å². The van der Waals surface area contributed by atoms with Crippen LogP contribution in [0.15, 0.2) is 37.0 Å². The van der Waals surface area contributed by atoms with E-state index in [1.165, 1.54) is 0 Å². The summed E-state index contributed by atoms with van der Waals surface area (Å²) < 4.78 is 4.81. The molecule has 0 rings (SSSR count). The summed E-state index contributed by atoms with van der Waals surface area (Å²) >= 11 is 0. The summed E-state index contributed by atoms with van der Waals surface area (Å²) in [4.78, 5) is 21.2. The highest BCUT2D eigenvalue weighted by Gasteiger charge is 2.06. The molecule has 0 saturated heterocycles. The van der Waals surface area contributed by atoms with E-state index in [4.69, 9.17) is 9.84 Å². The fourth-order valence-electron chi connectivity index (χ4n) is 0.771. The Morgan fingerprint density at radius 3 is 2.40 bits per heavy atom. The van der Waals surface area contributed by atoms with Crippen LogP contribution in [0.4, 0.5) is 0 Å². The maximum Gasteiger partial charge on any atom is 0.306 e. The van der Waals surface area contributed by atoms with Crippen molar-refractivity contribution in [3.8, 4) is 0 Å². The molecule has 0 aliphatic rings. The Hall–Kier alpha value is -1.84. The molecule has 0 aliphatic heterocycles. The monoisotopic (exact) mass is 210 g/mol. The molecule has 15 heavy (non-hydrogen) atoms. The van der Waals surface area contributed by atoms with Crippen LogP contribution in [-0.2, 0) is 14.3 Å². The predicted molar refractivity (Wildman–Crippen MR) is 56.3 cm³/mol. The third kappa shape index (κ3) is 7.25. The number of allylic oxidation sites excluding steroid dienone is 2. The largest absolute Gasteiger partial charge is 0.481 e. The van der Waals surface area contributed by atoms with E-state index in [0.29, 0.717) is 5.57 Å². The van der Waals surface area contributed by atoms with Gasteiger partial charge in [0.15, 0.2) is 0 Å². The minimum Gasteiger partial charge on any atom is -0.481 e. The molecule has 0 fully saturated rings. The first-order valence-electron chi connectivity index (χ1n) is 4.41. The van der Waals surface area contributed by atoms with Gasteiger partial charge in [-0.25, -0.2) is 0 Å². The van der Waals surface area contributed by atoms with Gasteiger partial charge in [-0.05, 0) is 5.57 Å². The minimum atomic E-state index is -1.02. The van der Waals surface area contributed by atoms with Crippen LogP contribution in [0.25, 0.3) is 0 Å². The molecule has 0 aromatic heterocycles. The van der Waals surface area contributed by atoms with Gasteiger partial charge in [0.2, 0.25) is 0 Å². The molecule has 0 heterocycles. The molecule has 0 spiro atoms. The van der Waals surface area contributed by atoms with Gasteiger partial charge in [-0.2, -0.15) is 0 Å². The molecule has 0 amide bonds. The van der Waals surface area contributed by atoms with Crippen LogP contribution >= 0.6 is 0 Å². The number of rotatable bonds is 7. The summed E-state index contributed by atoms with van der Waals surface area (Å²) in [5, 5.41) is 8.32. The predicted octanol–water partition coefficient (Wildman–Crippen LogP) is 1.69. The zero-order valence-corrected chi connectivity index (χ0v) is 8.44. The average Bonchev–Trinajstić information content (AvgIpc) is 2.21. The normalized spacial score (nSPS) is 10.5. The first-order chi connectivity index (χ1) is 7.10. The van der Waals surface area contributed by atoms with Gasteiger partial charge in [0, 0.05) is 0 Å². The van der Waals surface area contributed by atoms with Crippen molar-refractivity contribution in [2.24, 2.45) is 0 Å². The smallest absolute Gasteiger partial charge is 0.306 e. The maximum atomic E-state index is 11.0. The van der Waals surface area contributed by atoms with Crippen molar-refractivity contribution < 1.29 is 19.4 Å². The second-order valence-electron chi connectivity index (χ2n) is 2.74. The number of esters is 1. The van der Waals surface area contributed by atoms with Crippen molar-refractivity contribution in [1.29, 1.82) is 0 Å². The van der Waals surface area contributed by atoms with Gasteiger partial charge in [0.1, 0.15) is 6.61 Å². The van der Waals surface area contributed by atoms with Gasteiger partial charge in [0.25, 0.3) is 0 Å². The van der Waals surface area contributed by atoms with Crippen LogP contribution in [0.3, 0.4) is 0 Å². The number of carboxylic acid groups (broad SMARTS) is 1. The van der Waals surface area contributed by atoms with Gasteiger partial charge < -0.3 is 9.84 Å². The summed E-state index contributed by atoms with van der Waals surface area (Å²) in [7, 11) is 0. The molecule has 1 N–H and O–H groups in total. The molecule has 0 atom stereocenters. The SMILES string of the molecule is C=C/C=C(\C=C)COC(=O)CCC(=O)O. The van der Waals surface area contributed by atoms with Gasteiger partial charge in [-0.15, -0.1) is 0 Å². The number of hydrogen-bond donors (Lipinski definition) is 1. The maximum absolute atomic E-state index is 11.0. The summed E-state index contributed by atoms with van der Waals surface area (Å²) in [6, 6.07) is 0. The molecule has 82 valence electrons. The van der Waals surface area contributed by atoms with Crippen LogP contribution < -0.4 is 0 Å². The Morgan fingerprint density at radius 2 is 1.93 bits per heavy atom. The first-order valence-corrected chi connectivity index (χ1v) is 4.41. The van der Waals surface area contributed by atoms with Gasteiger partial charge in [-0.1, -0.05) is 31.4 Å². The van der Waals surface area contributed by atoms with Crippen LogP contribution in [0.2, 0.25) is 0 Å². The van der Waals surface area contributed by atoms with E-state index in [9.17, 15) is 9.59 Å². The molecule has 0 aromatic rings. The Kier molecular flexibility index (Phi) is 6.63. The van der Waals surface area contributed by atoms with E-state index < -0.39 is 11.9 Å². The summed E-state index contributed by atoms with van der Waals surface area (Å²) in [6.45, 7) is 7.11. The lowest BCUT2D eigenvalue weighted by molar-refractivity contribution is -0.146. The summed E-state index contributed by atoms with van der Waals surface area (Å²) in [5.41, 5.74) is 0.716. The number of aliphatic carboxylic acids is 1. The van der Waals surface area contributed by atoms with Crippen LogP contribution in [-0.4, -0.2) is 23.7 Å². The van der Waals surface area contributed by atoms with Crippen LogP contribution in [0.1, 0.15) is 12.8 Å². The van der Waals surface area contributed by atoms with Crippen LogP contribution in [0.5, 0.6) is 0 Å².